The summed E-state index contributed by atoms with van der Waals surface area (Å²) < 4.78 is 6.47. The highest BCUT2D eigenvalue weighted by atomic mass is 16.5. The van der Waals surface area contributed by atoms with Crippen molar-refractivity contribution in [3.05, 3.63) is 72.4 Å². The van der Waals surface area contributed by atoms with Gasteiger partial charge in [-0.05, 0) is 42.9 Å². The number of H-pyrrole nitrogens is 1. The lowest BCUT2D eigenvalue weighted by atomic mass is 9.82. The number of carbonyl (C=O) groups is 1. The number of ketones is 1. The molecule has 2 aliphatic heterocycles. The van der Waals surface area contributed by atoms with Crippen molar-refractivity contribution >= 4 is 16.8 Å². The molecule has 0 aliphatic carbocycles. The number of ether oxygens (including phenoxy) is 1. The number of fused-ring (bicyclic) bond motifs is 2. The Bertz CT molecular complexity index is 1290. The molecule has 0 bridgehead atoms. The Morgan fingerprint density at radius 1 is 0.903 bits per heavy atom. The van der Waals surface area contributed by atoms with Gasteiger partial charge in [0.05, 0.1) is 17.7 Å². The number of benzene rings is 2. The number of nitrogens with one attached hydrogen (secondary N) is 2. The minimum atomic E-state index is -0.361. The van der Waals surface area contributed by atoms with Gasteiger partial charge in [0.15, 0.2) is 5.78 Å². The van der Waals surface area contributed by atoms with E-state index in [0.29, 0.717) is 17.7 Å². The van der Waals surface area contributed by atoms with E-state index in [4.69, 9.17) is 9.72 Å². The van der Waals surface area contributed by atoms with Crippen LogP contribution in [0.3, 0.4) is 0 Å². The van der Waals surface area contributed by atoms with Crippen molar-refractivity contribution in [1.29, 1.82) is 0 Å². The molecule has 5 nitrogen and oxygen atoms in total. The summed E-state index contributed by atoms with van der Waals surface area (Å²) in [5.74, 6) is 0.890. The molecule has 4 aromatic rings. The fraction of sp³-hybridized carbons (Fsp3) is 0.231. The van der Waals surface area contributed by atoms with Crippen molar-refractivity contribution in [2.45, 2.75) is 24.9 Å². The minimum Gasteiger partial charge on any atom is -0.486 e. The topological polar surface area (TPSA) is 67.0 Å². The van der Waals surface area contributed by atoms with Crippen LogP contribution in [-0.2, 0) is 0 Å². The average molecular weight is 409 g/mol. The summed E-state index contributed by atoms with van der Waals surface area (Å²) in [5.41, 5.74) is 5.30. The van der Waals surface area contributed by atoms with Gasteiger partial charge in [-0.3, -0.25) is 4.79 Å². The van der Waals surface area contributed by atoms with Gasteiger partial charge >= 0.3 is 0 Å². The quantitative estimate of drug-likeness (QED) is 0.490. The minimum absolute atomic E-state index is 0.183. The first-order valence-electron chi connectivity index (χ1n) is 10.8. The molecule has 2 N–H and O–H groups in total. The van der Waals surface area contributed by atoms with E-state index in [0.717, 1.165) is 59.3 Å². The molecule has 1 saturated heterocycles. The first kappa shape index (κ1) is 18.3. The van der Waals surface area contributed by atoms with Crippen molar-refractivity contribution in [1.82, 2.24) is 15.3 Å². The molecule has 2 aromatic heterocycles. The molecule has 0 unspecified atom stereocenters. The normalized spacial score (nSPS) is 17.5. The number of pyridine rings is 1. The van der Waals surface area contributed by atoms with Crippen molar-refractivity contribution in [2.24, 2.45) is 0 Å². The molecule has 154 valence electrons. The second-order valence-electron chi connectivity index (χ2n) is 8.51. The van der Waals surface area contributed by atoms with Gasteiger partial charge in [0.2, 0.25) is 0 Å². The SMILES string of the molecule is O=C1CC2(CCNCC2)Oc2cc(-c3c[nH]c4nc(-c5ccccc5)ccc34)ccc21. The number of nitrogens with zero attached hydrogens (tertiary/aromatic N) is 1. The Kier molecular flexibility index (Phi) is 4.18. The largest absolute Gasteiger partial charge is 0.486 e. The zero-order valence-corrected chi connectivity index (χ0v) is 17.2. The lowest BCUT2D eigenvalue weighted by Crippen LogP contribution is -2.49. The maximum absolute atomic E-state index is 12.8. The van der Waals surface area contributed by atoms with E-state index < -0.39 is 0 Å². The Hall–Kier alpha value is -3.44. The van der Waals surface area contributed by atoms with Crippen LogP contribution >= 0.6 is 0 Å². The van der Waals surface area contributed by atoms with Gasteiger partial charge in [-0.1, -0.05) is 36.4 Å². The van der Waals surface area contributed by atoms with E-state index in [1.807, 2.05) is 42.6 Å². The van der Waals surface area contributed by atoms with Gasteiger partial charge in [-0.2, -0.15) is 0 Å². The third-order valence-electron chi connectivity index (χ3n) is 6.53. The monoisotopic (exact) mass is 409 g/mol. The second kappa shape index (κ2) is 7.06. The smallest absolute Gasteiger partial charge is 0.170 e. The van der Waals surface area contributed by atoms with Crippen LogP contribution < -0.4 is 10.1 Å². The maximum atomic E-state index is 12.8. The molecule has 6 rings (SSSR count). The maximum Gasteiger partial charge on any atom is 0.170 e. The van der Waals surface area contributed by atoms with E-state index in [9.17, 15) is 4.79 Å². The molecule has 31 heavy (non-hydrogen) atoms. The summed E-state index contributed by atoms with van der Waals surface area (Å²) >= 11 is 0. The number of aromatic amines is 1. The summed E-state index contributed by atoms with van der Waals surface area (Å²) in [6.45, 7) is 1.78. The van der Waals surface area contributed by atoms with Gasteiger partial charge < -0.3 is 15.0 Å². The number of hydrogen-bond donors (Lipinski definition) is 2. The third kappa shape index (κ3) is 3.13. The molecule has 1 spiro atoms. The fourth-order valence-corrected chi connectivity index (χ4v) is 4.84. The van der Waals surface area contributed by atoms with E-state index in [-0.39, 0.29) is 11.4 Å². The van der Waals surface area contributed by atoms with E-state index in [1.165, 1.54) is 0 Å². The van der Waals surface area contributed by atoms with Gasteiger partial charge in [0, 0.05) is 35.6 Å². The molecule has 5 heteroatoms. The number of rotatable bonds is 2. The van der Waals surface area contributed by atoms with Crippen LogP contribution in [0.5, 0.6) is 5.75 Å². The molecule has 2 aliphatic rings. The van der Waals surface area contributed by atoms with Gasteiger partial charge in [0.1, 0.15) is 17.0 Å². The highest BCUT2D eigenvalue weighted by molar-refractivity contribution is 6.02. The number of carbonyl (C=O) groups excluding carboxylic acids is 1. The summed E-state index contributed by atoms with van der Waals surface area (Å²) in [4.78, 5) is 21.0. The summed E-state index contributed by atoms with van der Waals surface area (Å²) in [5, 5.41) is 4.42. The van der Waals surface area contributed by atoms with Crippen LogP contribution in [0.2, 0.25) is 0 Å². The molecule has 0 radical (unpaired) electrons. The van der Waals surface area contributed by atoms with Crippen LogP contribution in [0.25, 0.3) is 33.4 Å². The zero-order valence-electron chi connectivity index (χ0n) is 17.2. The number of aromatic nitrogens is 2. The Morgan fingerprint density at radius 3 is 2.58 bits per heavy atom. The molecule has 0 saturated carbocycles. The van der Waals surface area contributed by atoms with Crippen LogP contribution in [0.15, 0.2) is 66.9 Å². The van der Waals surface area contributed by atoms with Crippen LogP contribution in [-0.4, -0.2) is 34.4 Å². The Labute approximate surface area is 180 Å². The fourth-order valence-electron chi connectivity index (χ4n) is 4.84. The van der Waals surface area contributed by atoms with Crippen molar-refractivity contribution in [3.63, 3.8) is 0 Å². The second-order valence-corrected chi connectivity index (χ2v) is 8.51. The number of piperidine rings is 1. The van der Waals surface area contributed by atoms with Crippen LogP contribution in [0.1, 0.15) is 29.6 Å². The van der Waals surface area contributed by atoms with E-state index in [2.05, 4.69) is 34.6 Å². The summed E-state index contributed by atoms with van der Waals surface area (Å²) in [6.07, 6.45) is 4.18. The molecule has 2 aromatic carbocycles. The number of Topliss-reactive ketones (excluding diaryl/α,β-unsaturated/α-hetero) is 1. The van der Waals surface area contributed by atoms with Gasteiger partial charge in [-0.15, -0.1) is 0 Å². The molecule has 0 atom stereocenters. The first-order chi connectivity index (χ1) is 15.2. The number of hydrogen-bond acceptors (Lipinski definition) is 4. The molecular weight excluding hydrogens is 386 g/mol. The first-order valence-corrected chi connectivity index (χ1v) is 10.8. The lowest BCUT2D eigenvalue weighted by molar-refractivity contribution is 0.0188. The Balaban J connectivity index is 1.39. The van der Waals surface area contributed by atoms with Crippen LogP contribution in [0.4, 0.5) is 0 Å². The Morgan fingerprint density at radius 2 is 1.74 bits per heavy atom. The summed E-state index contributed by atoms with van der Waals surface area (Å²) in [7, 11) is 0. The van der Waals surface area contributed by atoms with Crippen molar-refractivity contribution in [2.75, 3.05) is 13.1 Å². The van der Waals surface area contributed by atoms with Gasteiger partial charge in [0.25, 0.3) is 0 Å². The molecule has 1 fully saturated rings. The molecule has 0 amide bonds. The predicted molar refractivity (Wildman–Crippen MR) is 121 cm³/mol. The standard InChI is InChI=1S/C26H23N3O2/c30-23-15-26(10-12-27-13-11-26)31-24-14-18(6-7-20(23)24)21-16-28-25-19(21)8-9-22(29-25)17-4-2-1-3-5-17/h1-9,14,16,27H,10-13,15H2,(H,28,29). The zero-order chi connectivity index (χ0) is 20.8. The average Bonchev–Trinajstić information content (AvgIpc) is 3.23. The van der Waals surface area contributed by atoms with Gasteiger partial charge in [-0.25, -0.2) is 4.98 Å². The molecular formula is C26H23N3O2. The van der Waals surface area contributed by atoms with Crippen molar-refractivity contribution < 1.29 is 9.53 Å². The molecule has 4 heterocycles. The highest BCUT2D eigenvalue weighted by Gasteiger charge is 2.41. The lowest BCUT2D eigenvalue weighted by Gasteiger charge is -2.41. The highest BCUT2D eigenvalue weighted by Crippen LogP contribution is 2.41. The van der Waals surface area contributed by atoms with E-state index >= 15 is 0 Å². The van der Waals surface area contributed by atoms with Crippen molar-refractivity contribution in [3.8, 4) is 28.1 Å². The van der Waals surface area contributed by atoms with E-state index in [1.54, 1.807) is 0 Å². The van der Waals surface area contributed by atoms with Crippen LogP contribution in [0, 0.1) is 0 Å². The summed E-state index contributed by atoms with van der Waals surface area (Å²) in [6, 6.07) is 20.3. The predicted octanol–water partition coefficient (Wildman–Crippen LogP) is 4.98. The third-order valence-corrected chi connectivity index (χ3v) is 6.53.